The summed E-state index contributed by atoms with van der Waals surface area (Å²) < 4.78 is 5.15. The zero-order valence-electron chi connectivity index (χ0n) is 14.8. The molecule has 0 saturated heterocycles. The molecule has 0 unspecified atom stereocenters. The Bertz CT molecular complexity index is 499. The molecule has 0 N–H and O–H groups in total. The molecule has 118 valence electrons. The highest BCUT2D eigenvalue weighted by molar-refractivity contribution is 5.51. The second-order valence-electron chi connectivity index (χ2n) is 8.80. The van der Waals surface area contributed by atoms with E-state index in [2.05, 4.69) is 67.5 Å². The van der Waals surface area contributed by atoms with Crippen LogP contribution in [0.1, 0.15) is 72.9 Å². The molecule has 0 aromatic heterocycles. The van der Waals surface area contributed by atoms with Gasteiger partial charge in [0.05, 0.1) is 0 Å². The molecule has 0 amide bonds. The third kappa shape index (κ3) is 4.87. The first kappa shape index (κ1) is 17.7. The Balaban J connectivity index is 3.31. The van der Waals surface area contributed by atoms with Crippen LogP contribution in [0.4, 0.5) is 0 Å². The summed E-state index contributed by atoms with van der Waals surface area (Å²) in [6.45, 7) is 18.3. The van der Waals surface area contributed by atoms with Crippen molar-refractivity contribution in [2.24, 2.45) is 5.41 Å². The summed E-state index contributed by atoms with van der Waals surface area (Å²) in [6, 6.07) is 6.21. The Kier molecular flexibility index (Phi) is 4.92. The smallest absolute Gasteiger partial charge is 0.298 e. The third-order valence-corrected chi connectivity index (χ3v) is 3.72. The molecule has 0 bridgehead atoms. The SMILES string of the molecule is CC(C)(C)CC(C)(C)c1ccc(OC=O)c(C(C)(C)C)c1. The van der Waals surface area contributed by atoms with Gasteiger partial charge in [0.25, 0.3) is 6.47 Å². The molecule has 0 saturated carbocycles. The molecule has 0 aliphatic heterocycles. The summed E-state index contributed by atoms with van der Waals surface area (Å²) >= 11 is 0. The maximum atomic E-state index is 10.7. The molecule has 2 nitrogen and oxygen atoms in total. The summed E-state index contributed by atoms with van der Waals surface area (Å²) in [7, 11) is 0. The van der Waals surface area contributed by atoms with Gasteiger partial charge >= 0.3 is 0 Å². The molecule has 1 aromatic carbocycles. The number of rotatable bonds is 4. The molecule has 0 heterocycles. The van der Waals surface area contributed by atoms with Gasteiger partial charge in [-0.25, -0.2) is 0 Å². The van der Waals surface area contributed by atoms with E-state index in [0.29, 0.717) is 12.2 Å². The van der Waals surface area contributed by atoms with Gasteiger partial charge in [-0.3, -0.25) is 4.79 Å². The lowest BCUT2D eigenvalue weighted by Crippen LogP contribution is -2.25. The van der Waals surface area contributed by atoms with Gasteiger partial charge in [0, 0.05) is 5.56 Å². The summed E-state index contributed by atoms with van der Waals surface area (Å²) in [6.07, 6.45) is 1.09. The summed E-state index contributed by atoms with van der Waals surface area (Å²) in [5, 5.41) is 0. The van der Waals surface area contributed by atoms with Crippen LogP contribution in [0.25, 0.3) is 0 Å². The fourth-order valence-electron chi connectivity index (χ4n) is 3.12. The van der Waals surface area contributed by atoms with E-state index >= 15 is 0 Å². The molecule has 1 rings (SSSR count). The van der Waals surface area contributed by atoms with Crippen molar-refractivity contribution in [3.63, 3.8) is 0 Å². The minimum atomic E-state index is -0.0633. The van der Waals surface area contributed by atoms with E-state index < -0.39 is 0 Å². The lowest BCUT2D eigenvalue weighted by Gasteiger charge is -2.34. The number of hydrogen-bond donors (Lipinski definition) is 0. The van der Waals surface area contributed by atoms with Gasteiger partial charge in [0.2, 0.25) is 0 Å². The average molecular weight is 290 g/mol. The maximum Gasteiger partial charge on any atom is 0.298 e. The monoisotopic (exact) mass is 290 g/mol. The first-order chi connectivity index (χ1) is 9.37. The lowest BCUT2D eigenvalue weighted by molar-refractivity contribution is -0.120. The lowest BCUT2D eigenvalue weighted by atomic mass is 9.71. The highest BCUT2D eigenvalue weighted by Gasteiger charge is 2.29. The Morgan fingerprint density at radius 2 is 1.57 bits per heavy atom. The van der Waals surface area contributed by atoms with E-state index in [1.807, 2.05) is 6.07 Å². The van der Waals surface area contributed by atoms with Crippen LogP contribution in [-0.4, -0.2) is 6.47 Å². The van der Waals surface area contributed by atoms with Gasteiger partial charge < -0.3 is 4.74 Å². The van der Waals surface area contributed by atoms with Crippen LogP contribution in [0.2, 0.25) is 0 Å². The number of ether oxygens (including phenoxy) is 1. The van der Waals surface area contributed by atoms with Crippen LogP contribution in [-0.2, 0) is 15.6 Å². The zero-order valence-corrected chi connectivity index (χ0v) is 14.8. The summed E-state index contributed by atoms with van der Waals surface area (Å²) in [4.78, 5) is 10.7. The molecule has 0 fully saturated rings. The van der Waals surface area contributed by atoms with Crippen molar-refractivity contribution >= 4 is 6.47 Å². The molecule has 0 atom stereocenters. The van der Waals surface area contributed by atoms with Crippen LogP contribution in [0, 0.1) is 5.41 Å². The van der Waals surface area contributed by atoms with E-state index in [1.165, 1.54) is 5.56 Å². The van der Waals surface area contributed by atoms with Crippen LogP contribution in [0.15, 0.2) is 18.2 Å². The molecular formula is C19H30O2. The highest BCUT2D eigenvalue weighted by Crippen LogP contribution is 2.40. The Labute approximate surface area is 129 Å². The second-order valence-corrected chi connectivity index (χ2v) is 8.80. The molecule has 0 radical (unpaired) electrons. The van der Waals surface area contributed by atoms with Gasteiger partial charge in [-0.05, 0) is 34.3 Å². The van der Waals surface area contributed by atoms with Crippen molar-refractivity contribution in [2.75, 3.05) is 0 Å². The maximum absolute atomic E-state index is 10.7. The Morgan fingerprint density at radius 3 is 2.00 bits per heavy atom. The van der Waals surface area contributed by atoms with Gasteiger partial charge in [0.15, 0.2) is 0 Å². The van der Waals surface area contributed by atoms with Crippen molar-refractivity contribution in [2.45, 2.75) is 72.6 Å². The van der Waals surface area contributed by atoms with Crippen LogP contribution in [0.5, 0.6) is 5.75 Å². The van der Waals surface area contributed by atoms with Gasteiger partial charge in [-0.15, -0.1) is 0 Å². The van der Waals surface area contributed by atoms with Crippen LogP contribution in [0.3, 0.4) is 0 Å². The highest BCUT2D eigenvalue weighted by atomic mass is 16.5. The topological polar surface area (TPSA) is 26.3 Å². The van der Waals surface area contributed by atoms with Crippen molar-refractivity contribution < 1.29 is 9.53 Å². The Morgan fingerprint density at radius 1 is 1.00 bits per heavy atom. The number of carbonyl (C=O) groups excluding carboxylic acids is 1. The van der Waals surface area contributed by atoms with Gasteiger partial charge in [-0.2, -0.15) is 0 Å². The van der Waals surface area contributed by atoms with Crippen molar-refractivity contribution in [3.8, 4) is 5.75 Å². The molecule has 1 aromatic rings. The third-order valence-electron chi connectivity index (χ3n) is 3.72. The van der Waals surface area contributed by atoms with E-state index in [4.69, 9.17) is 4.74 Å². The molecule has 21 heavy (non-hydrogen) atoms. The average Bonchev–Trinajstić information content (AvgIpc) is 2.24. The standard InChI is InChI=1S/C19H30O2/c1-17(2,3)12-19(7,8)14-9-10-16(21-13-20)15(11-14)18(4,5)6/h9-11,13H,12H2,1-8H3. The Hall–Kier alpha value is -1.31. The largest absolute Gasteiger partial charge is 0.428 e. The van der Waals surface area contributed by atoms with E-state index in [1.54, 1.807) is 0 Å². The summed E-state index contributed by atoms with van der Waals surface area (Å²) in [5.41, 5.74) is 2.66. The minimum Gasteiger partial charge on any atom is -0.428 e. The first-order valence-electron chi connectivity index (χ1n) is 7.62. The fourth-order valence-corrected chi connectivity index (χ4v) is 3.12. The van der Waals surface area contributed by atoms with E-state index in [9.17, 15) is 4.79 Å². The normalized spacial score (nSPS) is 13.1. The molecule has 0 aliphatic carbocycles. The van der Waals surface area contributed by atoms with Gasteiger partial charge in [0.1, 0.15) is 5.75 Å². The van der Waals surface area contributed by atoms with Crippen molar-refractivity contribution in [1.82, 2.24) is 0 Å². The van der Waals surface area contributed by atoms with Crippen LogP contribution >= 0.6 is 0 Å². The number of benzene rings is 1. The molecule has 0 aliphatic rings. The second kappa shape index (κ2) is 5.82. The van der Waals surface area contributed by atoms with E-state index in [0.717, 1.165) is 12.0 Å². The molecular weight excluding hydrogens is 260 g/mol. The van der Waals surface area contributed by atoms with Gasteiger partial charge in [-0.1, -0.05) is 67.5 Å². The number of carbonyl (C=O) groups is 1. The molecule has 2 heteroatoms. The molecule has 0 spiro atoms. The minimum absolute atomic E-state index is 0.0633. The number of hydrogen-bond acceptors (Lipinski definition) is 2. The predicted molar refractivity (Wildman–Crippen MR) is 88.9 cm³/mol. The van der Waals surface area contributed by atoms with Crippen LogP contribution < -0.4 is 4.74 Å². The fraction of sp³-hybridized carbons (Fsp3) is 0.632. The predicted octanol–water partition coefficient (Wildman–Crippen LogP) is 5.23. The van der Waals surface area contributed by atoms with Crippen molar-refractivity contribution in [3.05, 3.63) is 29.3 Å². The summed E-state index contributed by atoms with van der Waals surface area (Å²) in [5.74, 6) is 0.660. The zero-order chi connectivity index (χ0) is 16.5. The quantitative estimate of drug-likeness (QED) is 0.709. The van der Waals surface area contributed by atoms with Crippen molar-refractivity contribution in [1.29, 1.82) is 0 Å². The van der Waals surface area contributed by atoms with E-state index in [-0.39, 0.29) is 16.2 Å². The first-order valence-corrected chi connectivity index (χ1v) is 7.62.